The Kier molecular flexibility index (Phi) is 20.8. The quantitative estimate of drug-likeness (QED) is 0.397. The summed E-state index contributed by atoms with van der Waals surface area (Å²) in [6, 6.07) is 0. The minimum atomic E-state index is 0. The van der Waals surface area contributed by atoms with Gasteiger partial charge in [0.2, 0.25) is 0 Å². The summed E-state index contributed by atoms with van der Waals surface area (Å²) >= 11 is 1.75. The first-order valence-electron chi connectivity index (χ1n) is 0.816. The molecule has 0 spiro atoms. The van der Waals surface area contributed by atoms with Crippen molar-refractivity contribution in [2.45, 2.75) is 0 Å². The maximum atomic E-state index is 2.04. The van der Waals surface area contributed by atoms with Gasteiger partial charge < -0.3 is 0 Å². The van der Waals surface area contributed by atoms with E-state index in [1.165, 1.54) is 0 Å². The van der Waals surface area contributed by atoms with Gasteiger partial charge in [-0.25, -0.2) is 0 Å². The molecule has 0 aromatic rings. The van der Waals surface area contributed by atoms with E-state index in [1.54, 1.807) is 11.8 Å². The summed E-state index contributed by atoms with van der Waals surface area (Å²) in [7, 11) is 0. The van der Waals surface area contributed by atoms with Gasteiger partial charge in [0.1, 0.15) is 0 Å². The molecular weight excluding hydrogens is 95.2 g/mol. The van der Waals surface area contributed by atoms with E-state index in [2.05, 4.69) is 0 Å². The molecule has 0 unspecified atom stereocenters. The number of hydrogen-bond donors (Lipinski definition) is 0. The Labute approximate surface area is 74.1 Å². The molecule has 0 saturated carbocycles. The topological polar surface area (TPSA) is 0 Å². The van der Waals surface area contributed by atoms with Crippen LogP contribution in [-0.2, 0) is 0 Å². The Morgan fingerprint density at radius 3 is 1.25 bits per heavy atom. The van der Waals surface area contributed by atoms with E-state index in [-0.39, 0.29) is 51.4 Å². The van der Waals surface area contributed by atoms with Gasteiger partial charge in [0, 0.05) is 0 Å². The molecule has 0 nitrogen and oxygen atoms in total. The van der Waals surface area contributed by atoms with Crippen LogP contribution in [0.15, 0.2) is 0 Å². The van der Waals surface area contributed by atoms with E-state index in [0.717, 1.165) is 0 Å². The van der Waals surface area contributed by atoms with E-state index < -0.39 is 0 Å². The van der Waals surface area contributed by atoms with Crippen LogP contribution in [0.2, 0.25) is 0 Å². The predicted molar refractivity (Wildman–Crippen MR) is 26.6 cm³/mol. The zero-order valence-corrected chi connectivity index (χ0v) is 3.22. The second kappa shape index (κ2) is 8.88. The van der Waals surface area contributed by atoms with Crippen LogP contribution in [0.25, 0.3) is 0 Å². The third-order valence-corrected chi connectivity index (χ3v) is 0. The van der Waals surface area contributed by atoms with E-state index >= 15 is 0 Å². The Balaban J connectivity index is 0. The normalized spacial score (nSPS) is 4.50. The van der Waals surface area contributed by atoms with Gasteiger partial charge in [-0.3, -0.25) is 0 Å². The summed E-state index contributed by atoms with van der Waals surface area (Å²) in [5.74, 6) is 0. The summed E-state index contributed by atoms with van der Waals surface area (Å²) in [6.45, 7) is 0. The molecule has 0 N–H and O–H groups in total. The van der Waals surface area contributed by atoms with Gasteiger partial charge in [-0.2, -0.15) is 11.8 Å². The average Bonchev–Trinajstić information content (AvgIpc) is 0.918. The van der Waals surface area contributed by atoms with Crippen LogP contribution in [0.5, 0.6) is 0 Å². The Bertz CT molecular complexity index is 6.00. The molecule has 0 amide bonds. The molecule has 0 aliphatic heterocycles. The van der Waals surface area contributed by atoms with Crippen LogP contribution < -0.4 is 0 Å². The third kappa shape index (κ3) is 9.01. The molecule has 0 rings (SSSR count). The van der Waals surface area contributed by atoms with Crippen LogP contribution in [0, 0.1) is 0 Å². The van der Waals surface area contributed by atoms with Crippen molar-refractivity contribution in [2.75, 3.05) is 12.5 Å². The summed E-state index contributed by atoms with van der Waals surface area (Å²) in [4.78, 5) is 0. The van der Waals surface area contributed by atoms with Gasteiger partial charge in [0.15, 0.2) is 0 Å². The Morgan fingerprint density at radius 1 is 1.25 bits per heavy atom. The van der Waals surface area contributed by atoms with Gasteiger partial charge in [0.25, 0.3) is 0 Å². The van der Waals surface area contributed by atoms with Crippen molar-refractivity contribution in [3.63, 3.8) is 0 Å². The molecule has 0 radical (unpaired) electrons. The molecular formula is C2H7KS. The van der Waals surface area contributed by atoms with Crippen LogP contribution in [0.4, 0.5) is 0 Å². The summed E-state index contributed by atoms with van der Waals surface area (Å²) < 4.78 is 0. The van der Waals surface area contributed by atoms with E-state index in [1.807, 2.05) is 12.5 Å². The van der Waals surface area contributed by atoms with Gasteiger partial charge in [-0.05, 0) is 12.5 Å². The molecule has 0 atom stereocenters. The molecule has 0 aliphatic rings. The zero-order valence-electron chi connectivity index (χ0n) is 2.41. The van der Waals surface area contributed by atoms with E-state index in [9.17, 15) is 0 Å². The van der Waals surface area contributed by atoms with Crippen molar-refractivity contribution in [1.82, 2.24) is 0 Å². The minimum absolute atomic E-state index is 0. The Morgan fingerprint density at radius 2 is 1.25 bits per heavy atom. The standard InChI is InChI=1S/C2H6S.K.H/c1-3-2;;/h1-2H3;;. The monoisotopic (exact) mass is 102 g/mol. The Hall–Kier alpha value is 1.99. The molecule has 0 fully saturated rings. The first kappa shape index (κ1) is 9.37. The van der Waals surface area contributed by atoms with Crippen molar-refractivity contribution < 1.29 is 0 Å². The maximum absolute atomic E-state index is 2.04. The van der Waals surface area contributed by atoms with Crippen molar-refractivity contribution in [2.24, 2.45) is 0 Å². The SMILES string of the molecule is CSC.[KH]. The molecule has 4 heavy (non-hydrogen) atoms. The van der Waals surface area contributed by atoms with Crippen molar-refractivity contribution in [3.05, 3.63) is 0 Å². The molecule has 0 saturated heterocycles. The fraction of sp³-hybridized carbons (Fsp3) is 1.00. The fourth-order valence-corrected chi connectivity index (χ4v) is 0. The molecule has 22 valence electrons. The van der Waals surface area contributed by atoms with Crippen LogP contribution in [0.1, 0.15) is 0 Å². The van der Waals surface area contributed by atoms with Crippen LogP contribution >= 0.6 is 11.8 Å². The van der Waals surface area contributed by atoms with E-state index in [0.29, 0.717) is 0 Å². The number of rotatable bonds is 0. The van der Waals surface area contributed by atoms with Crippen molar-refractivity contribution >= 4 is 63.1 Å². The van der Waals surface area contributed by atoms with Crippen LogP contribution in [-0.4, -0.2) is 63.9 Å². The van der Waals surface area contributed by atoms with Crippen molar-refractivity contribution in [3.8, 4) is 0 Å². The molecule has 0 aliphatic carbocycles. The summed E-state index contributed by atoms with van der Waals surface area (Å²) in [6.07, 6.45) is 4.08. The predicted octanol–water partition coefficient (Wildman–Crippen LogP) is 0.331. The fourth-order valence-electron chi connectivity index (χ4n) is 0. The third-order valence-electron chi connectivity index (χ3n) is 0. The average molecular weight is 102 g/mol. The second-order valence-corrected chi connectivity index (χ2v) is 1.22. The first-order chi connectivity index (χ1) is 1.41. The molecule has 0 aromatic heterocycles. The summed E-state index contributed by atoms with van der Waals surface area (Å²) in [5.41, 5.74) is 0. The van der Waals surface area contributed by atoms with Gasteiger partial charge in [-0.1, -0.05) is 0 Å². The van der Waals surface area contributed by atoms with E-state index in [4.69, 9.17) is 0 Å². The number of hydrogen-bond acceptors (Lipinski definition) is 1. The molecule has 0 aromatic carbocycles. The second-order valence-electron chi connectivity index (χ2n) is 0.408. The van der Waals surface area contributed by atoms with Crippen molar-refractivity contribution in [1.29, 1.82) is 0 Å². The van der Waals surface area contributed by atoms with Crippen LogP contribution in [0.3, 0.4) is 0 Å². The first-order valence-corrected chi connectivity index (χ1v) is 2.45. The molecule has 2 heteroatoms. The molecule has 0 heterocycles. The number of thioether (sulfide) groups is 1. The van der Waals surface area contributed by atoms with Gasteiger partial charge in [0.05, 0.1) is 0 Å². The van der Waals surface area contributed by atoms with Gasteiger partial charge in [-0.15, -0.1) is 0 Å². The summed E-state index contributed by atoms with van der Waals surface area (Å²) in [5, 5.41) is 0. The zero-order chi connectivity index (χ0) is 2.71. The molecule has 0 bridgehead atoms. The van der Waals surface area contributed by atoms with Gasteiger partial charge >= 0.3 is 51.4 Å².